The fourth-order valence-electron chi connectivity index (χ4n) is 1.12. The molecule has 4 N–H and O–H groups in total. The van der Waals surface area contributed by atoms with Gasteiger partial charge in [-0.05, 0) is 17.7 Å². The lowest BCUT2D eigenvalue weighted by molar-refractivity contribution is -0.128. The van der Waals surface area contributed by atoms with Crippen molar-refractivity contribution in [1.82, 2.24) is 0 Å². The molecule has 0 aromatic heterocycles. The van der Waals surface area contributed by atoms with Crippen LogP contribution in [0.5, 0.6) is 0 Å². The Balaban J connectivity index is 3.06. The van der Waals surface area contributed by atoms with E-state index in [9.17, 15) is 9.59 Å². The maximum absolute atomic E-state index is 10.9. The average Bonchev–Trinajstić information content (AvgIpc) is 2.07. The molecule has 74 valence electrons. The van der Waals surface area contributed by atoms with Crippen LogP contribution < -0.4 is 11.5 Å². The lowest BCUT2D eigenvalue weighted by Crippen LogP contribution is -2.32. The van der Waals surface area contributed by atoms with E-state index in [0.29, 0.717) is 5.56 Å². The molecule has 1 rings (SSSR count). The molecule has 0 saturated carbocycles. The van der Waals surface area contributed by atoms with Crippen molar-refractivity contribution in [3.05, 3.63) is 34.3 Å². The van der Waals surface area contributed by atoms with Gasteiger partial charge in [-0.1, -0.05) is 28.1 Å². The predicted molar refractivity (Wildman–Crippen MR) is 55.3 cm³/mol. The number of halogens is 1. The van der Waals surface area contributed by atoms with Gasteiger partial charge in [0.1, 0.15) is 5.92 Å². The van der Waals surface area contributed by atoms with Gasteiger partial charge in [0, 0.05) is 4.47 Å². The van der Waals surface area contributed by atoms with Crippen molar-refractivity contribution in [3.8, 4) is 0 Å². The van der Waals surface area contributed by atoms with Gasteiger partial charge in [0.05, 0.1) is 0 Å². The maximum Gasteiger partial charge on any atom is 0.234 e. The maximum atomic E-state index is 10.9. The van der Waals surface area contributed by atoms with Gasteiger partial charge in [-0.15, -0.1) is 0 Å². The quantitative estimate of drug-likeness (QED) is 0.772. The first-order valence-electron chi connectivity index (χ1n) is 3.86. The van der Waals surface area contributed by atoms with Gasteiger partial charge in [0.15, 0.2) is 0 Å². The summed E-state index contributed by atoms with van der Waals surface area (Å²) in [5.41, 5.74) is 10.6. The van der Waals surface area contributed by atoms with E-state index in [-0.39, 0.29) is 0 Å². The summed E-state index contributed by atoms with van der Waals surface area (Å²) in [5.74, 6) is -2.53. The second kappa shape index (κ2) is 4.23. The first-order chi connectivity index (χ1) is 6.52. The number of nitrogens with two attached hydrogens (primary N) is 2. The van der Waals surface area contributed by atoms with E-state index in [2.05, 4.69) is 15.9 Å². The van der Waals surface area contributed by atoms with Crippen molar-refractivity contribution in [2.24, 2.45) is 11.5 Å². The highest BCUT2D eigenvalue weighted by Crippen LogP contribution is 2.18. The lowest BCUT2D eigenvalue weighted by atomic mass is 9.98. The number of benzene rings is 1. The predicted octanol–water partition coefficient (Wildman–Crippen LogP) is 0.503. The molecule has 0 aliphatic carbocycles. The van der Waals surface area contributed by atoms with E-state index in [1.165, 1.54) is 0 Å². The summed E-state index contributed by atoms with van der Waals surface area (Å²) in [6.45, 7) is 0. The van der Waals surface area contributed by atoms with Gasteiger partial charge in [-0.25, -0.2) is 0 Å². The third-order valence-electron chi connectivity index (χ3n) is 1.77. The van der Waals surface area contributed by atoms with Crippen molar-refractivity contribution in [1.29, 1.82) is 0 Å². The summed E-state index contributed by atoms with van der Waals surface area (Å²) in [7, 11) is 0. The van der Waals surface area contributed by atoms with Crippen LogP contribution in [0.15, 0.2) is 28.7 Å². The average molecular weight is 257 g/mol. The zero-order valence-corrected chi connectivity index (χ0v) is 8.82. The summed E-state index contributed by atoms with van der Waals surface area (Å²) in [5, 5.41) is 0. The van der Waals surface area contributed by atoms with Crippen LogP contribution in [-0.4, -0.2) is 11.8 Å². The molecule has 1 aromatic carbocycles. The molecule has 4 nitrogen and oxygen atoms in total. The Hall–Kier alpha value is -1.36. The molecule has 0 fully saturated rings. The number of carbonyl (C=O) groups is 2. The number of rotatable bonds is 3. The minimum atomic E-state index is -1.05. The Morgan fingerprint density at radius 3 is 1.86 bits per heavy atom. The summed E-state index contributed by atoms with van der Waals surface area (Å²) in [6, 6.07) is 6.69. The van der Waals surface area contributed by atoms with Gasteiger partial charge >= 0.3 is 0 Å². The fourth-order valence-corrected chi connectivity index (χ4v) is 1.39. The molecule has 2 amide bonds. The van der Waals surface area contributed by atoms with Crippen LogP contribution in [0.4, 0.5) is 0 Å². The number of hydrogen-bond acceptors (Lipinski definition) is 2. The highest BCUT2D eigenvalue weighted by Gasteiger charge is 2.23. The standard InChI is InChI=1S/C9H9BrN2O2/c10-6-3-1-5(2-4-6)7(8(11)13)9(12)14/h1-4,7H,(H2,11,13)(H2,12,14). The van der Waals surface area contributed by atoms with E-state index in [0.717, 1.165) is 4.47 Å². The topological polar surface area (TPSA) is 86.2 Å². The third-order valence-corrected chi connectivity index (χ3v) is 2.30. The largest absolute Gasteiger partial charge is 0.369 e. The Morgan fingerprint density at radius 2 is 1.50 bits per heavy atom. The smallest absolute Gasteiger partial charge is 0.234 e. The normalized spacial score (nSPS) is 10.1. The van der Waals surface area contributed by atoms with Crippen molar-refractivity contribution < 1.29 is 9.59 Å². The van der Waals surface area contributed by atoms with E-state index < -0.39 is 17.7 Å². The van der Waals surface area contributed by atoms with E-state index in [1.54, 1.807) is 24.3 Å². The van der Waals surface area contributed by atoms with Gasteiger partial charge in [-0.2, -0.15) is 0 Å². The Bertz CT molecular complexity index is 348. The number of hydrogen-bond donors (Lipinski definition) is 2. The minimum Gasteiger partial charge on any atom is -0.369 e. The van der Waals surface area contributed by atoms with Gasteiger partial charge < -0.3 is 11.5 Å². The summed E-state index contributed by atoms with van der Waals surface area (Å²) in [6.07, 6.45) is 0. The number of amides is 2. The molecule has 0 spiro atoms. The van der Waals surface area contributed by atoms with Crippen LogP contribution in [0.2, 0.25) is 0 Å². The van der Waals surface area contributed by atoms with Crippen molar-refractivity contribution in [2.45, 2.75) is 5.92 Å². The van der Waals surface area contributed by atoms with Crippen LogP contribution >= 0.6 is 15.9 Å². The molecule has 0 saturated heterocycles. The van der Waals surface area contributed by atoms with Crippen LogP contribution in [0.25, 0.3) is 0 Å². The van der Waals surface area contributed by atoms with Crippen LogP contribution in [-0.2, 0) is 9.59 Å². The molecular weight excluding hydrogens is 248 g/mol. The molecule has 14 heavy (non-hydrogen) atoms. The third kappa shape index (κ3) is 2.32. The Kier molecular flexibility index (Phi) is 3.24. The van der Waals surface area contributed by atoms with Gasteiger partial charge in [0.25, 0.3) is 0 Å². The number of carbonyl (C=O) groups excluding carboxylic acids is 2. The molecule has 5 heteroatoms. The summed E-state index contributed by atoms with van der Waals surface area (Å²) < 4.78 is 0.856. The minimum absolute atomic E-state index is 0.508. The summed E-state index contributed by atoms with van der Waals surface area (Å²) in [4.78, 5) is 21.9. The Morgan fingerprint density at radius 1 is 1.07 bits per heavy atom. The SMILES string of the molecule is NC(=O)C(C(N)=O)c1ccc(Br)cc1. The van der Waals surface area contributed by atoms with E-state index in [1.807, 2.05) is 0 Å². The summed E-state index contributed by atoms with van der Waals surface area (Å²) >= 11 is 3.24. The molecule has 0 unspecified atom stereocenters. The van der Waals surface area contributed by atoms with Crippen LogP contribution in [0, 0.1) is 0 Å². The van der Waals surface area contributed by atoms with Crippen LogP contribution in [0.3, 0.4) is 0 Å². The molecule has 0 atom stereocenters. The highest BCUT2D eigenvalue weighted by molar-refractivity contribution is 9.10. The highest BCUT2D eigenvalue weighted by atomic mass is 79.9. The lowest BCUT2D eigenvalue weighted by Gasteiger charge is -2.09. The second-order valence-corrected chi connectivity index (χ2v) is 3.70. The molecule has 0 aliphatic heterocycles. The number of primary amides is 2. The Labute approximate surface area is 89.4 Å². The van der Waals surface area contributed by atoms with Crippen LogP contribution in [0.1, 0.15) is 11.5 Å². The monoisotopic (exact) mass is 256 g/mol. The zero-order valence-electron chi connectivity index (χ0n) is 7.24. The molecule has 0 heterocycles. The molecule has 1 aromatic rings. The fraction of sp³-hybridized carbons (Fsp3) is 0.111. The first-order valence-corrected chi connectivity index (χ1v) is 4.65. The zero-order chi connectivity index (χ0) is 10.7. The molecule has 0 aliphatic rings. The van der Waals surface area contributed by atoms with Gasteiger partial charge in [0.2, 0.25) is 11.8 Å². The molecular formula is C9H9BrN2O2. The second-order valence-electron chi connectivity index (χ2n) is 2.79. The first kappa shape index (κ1) is 10.7. The van der Waals surface area contributed by atoms with Gasteiger partial charge in [-0.3, -0.25) is 9.59 Å². The van der Waals surface area contributed by atoms with E-state index in [4.69, 9.17) is 11.5 Å². The molecule has 0 radical (unpaired) electrons. The van der Waals surface area contributed by atoms with E-state index >= 15 is 0 Å². The van der Waals surface area contributed by atoms with Crippen molar-refractivity contribution >= 4 is 27.7 Å². The van der Waals surface area contributed by atoms with Crippen molar-refractivity contribution in [3.63, 3.8) is 0 Å². The van der Waals surface area contributed by atoms with Crippen molar-refractivity contribution in [2.75, 3.05) is 0 Å². The molecule has 0 bridgehead atoms.